The number of nitrogens with one attached hydrogen (secondary N) is 1. The molecule has 1 fully saturated rings. The van der Waals surface area contributed by atoms with Crippen LogP contribution in [0.25, 0.3) is 11.0 Å². The smallest absolute Gasteiger partial charge is 0.327 e. The van der Waals surface area contributed by atoms with E-state index in [0.717, 1.165) is 43.3 Å². The van der Waals surface area contributed by atoms with E-state index in [1.807, 2.05) is 12.3 Å². The van der Waals surface area contributed by atoms with Crippen LogP contribution < -0.4 is 5.32 Å². The van der Waals surface area contributed by atoms with Crippen molar-refractivity contribution >= 4 is 28.6 Å². The number of esters is 1. The van der Waals surface area contributed by atoms with Gasteiger partial charge in [0, 0.05) is 30.5 Å². The molecule has 0 unspecified atom stereocenters. The lowest BCUT2D eigenvalue weighted by Gasteiger charge is -2.25. The molecule has 1 aliphatic carbocycles. The number of hydrogen-bond donors (Lipinski definition) is 2. The number of fused-ring (bicyclic) bond motifs is 1. The molecule has 1 aliphatic rings. The summed E-state index contributed by atoms with van der Waals surface area (Å²) in [7, 11) is 0. The van der Waals surface area contributed by atoms with Crippen molar-refractivity contribution in [3.05, 3.63) is 30.9 Å². The molecule has 3 aromatic heterocycles. The molecule has 9 nitrogen and oxygen atoms in total. The lowest BCUT2D eigenvalue weighted by Crippen LogP contribution is -2.21. The third kappa shape index (κ3) is 4.73. The van der Waals surface area contributed by atoms with E-state index in [1.54, 1.807) is 25.5 Å². The summed E-state index contributed by atoms with van der Waals surface area (Å²) in [4.78, 5) is 20.6. The van der Waals surface area contributed by atoms with Crippen LogP contribution in [0.5, 0.6) is 0 Å². The average molecular weight is 398 g/mol. The first-order chi connectivity index (χ1) is 14.1. The van der Waals surface area contributed by atoms with E-state index in [4.69, 9.17) is 4.74 Å². The number of aromatic nitrogens is 5. The van der Waals surface area contributed by atoms with Crippen LogP contribution in [0.2, 0.25) is 0 Å². The quantitative estimate of drug-likeness (QED) is 0.589. The van der Waals surface area contributed by atoms with E-state index >= 15 is 0 Å². The largest absolute Gasteiger partial charge is 0.465 e. The number of carbonyl (C=O) groups excluding carboxylic acids is 1. The second-order valence-corrected chi connectivity index (χ2v) is 7.47. The van der Waals surface area contributed by atoms with Crippen molar-refractivity contribution < 1.29 is 14.6 Å². The predicted molar refractivity (Wildman–Crippen MR) is 108 cm³/mol. The van der Waals surface area contributed by atoms with Crippen molar-refractivity contribution in [3.8, 4) is 0 Å². The van der Waals surface area contributed by atoms with E-state index in [1.165, 1.54) is 4.68 Å². The van der Waals surface area contributed by atoms with Gasteiger partial charge in [0.05, 0.1) is 24.6 Å². The SMILES string of the molecule is CCOC(=O)Cn1cc(Nc2ncc3ccn(C[C@H]4CC[C@@H](O)CC4)c3n2)cn1. The molecule has 0 amide bonds. The Bertz CT molecular complexity index is 974. The van der Waals surface area contributed by atoms with Gasteiger partial charge in [-0.2, -0.15) is 10.1 Å². The molecule has 0 spiro atoms. The standard InChI is InChI=1S/C20H26N6O3/c1-2-29-18(28)13-26-12-16(10-22-26)23-20-21-9-15-7-8-25(19(15)24-20)11-14-3-5-17(27)6-4-14/h7-10,12,14,17,27H,2-6,11,13H2,1H3,(H,21,23,24)/t14-,17+. The van der Waals surface area contributed by atoms with Gasteiger partial charge in [0.25, 0.3) is 0 Å². The van der Waals surface area contributed by atoms with Gasteiger partial charge < -0.3 is 19.7 Å². The number of anilines is 2. The first-order valence-corrected chi connectivity index (χ1v) is 10.1. The van der Waals surface area contributed by atoms with Gasteiger partial charge in [0.15, 0.2) is 0 Å². The molecule has 3 aromatic rings. The van der Waals surface area contributed by atoms with Gasteiger partial charge in [-0.25, -0.2) is 4.98 Å². The van der Waals surface area contributed by atoms with Crippen molar-refractivity contribution in [2.45, 2.75) is 51.8 Å². The Labute approximate surface area is 168 Å². The molecule has 0 saturated heterocycles. The molecule has 154 valence electrons. The van der Waals surface area contributed by atoms with Crippen LogP contribution in [0.3, 0.4) is 0 Å². The summed E-state index contributed by atoms with van der Waals surface area (Å²) >= 11 is 0. The normalized spacial score (nSPS) is 19.4. The van der Waals surface area contributed by atoms with E-state index in [-0.39, 0.29) is 18.6 Å². The van der Waals surface area contributed by atoms with E-state index in [9.17, 15) is 9.90 Å². The molecule has 2 N–H and O–H groups in total. The summed E-state index contributed by atoms with van der Waals surface area (Å²) in [5.41, 5.74) is 1.58. The van der Waals surface area contributed by atoms with Crippen LogP contribution in [-0.4, -0.2) is 48.1 Å². The highest BCUT2D eigenvalue weighted by Gasteiger charge is 2.20. The fourth-order valence-corrected chi connectivity index (χ4v) is 3.77. The number of aliphatic hydroxyl groups excluding tert-OH is 1. The predicted octanol–water partition coefficient (Wildman–Crippen LogP) is 2.49. The van der Waals surface area contributed by atoms with Crippen LogP contribution in [0.1, 0.15) is 32.6 Å². The van der Waals surface area contributed by atoms with Gasteiger partial charge in [0.2, 0.25) is 5.95 Å². The Morgan fingerprint density at radius 3 is 2.93 bits per heavy atom. The first kappa shape index (κ1) is 19.4. The average Bonchev–Trinajstić information content (AvgIpc) is 3.31. The van der Waals surface area contributed by atoms with Crippen LogP contribution >= 0.6 is 0 Å². The van der Waals surface area contributed by atoms with Crippen LogP contribution in [0.4, 0.5) is 11.6 Å². The van der Waals surface area contributed by atoms with Gasteiger partial charge in [0.1, 0.15) is 12.2 Å². The van der Waals surface area contributed by atoms with E-state index < -0.39 is 0 Å². The summed E-state index contributed by atoms with van der Waals surface area (Å²) in [6.07, 6.45) is 10.9. The molecule has 29 heavy (non-hydrogen) atoms. The van der Waals surface area contributed by atoms with E-state index in [2.05, 4.69) is 25.0 Å². The highest BCUT2D eigenvalue weighted by Crippen LogP contribution is 2.27. The van der Waals surface area contributed by atoms with Gasteiger partial charge >= 0.3 is 5.97 Å². The monoisotopic (exact) mass is 398 g/mol. The number of nitrogens with zero attached hydrogens (tertiary/aromatic N) is 5. The Balaban J connectivity index is 1.45. The van der Waals surface area contributed by atoms with Gasteiger partial charge in [-0.05, 0) is 44.6 Å². The van der Waals surface area contributed by atoms with Crippen molar-refractivity contribution in [1.29, 1.82) is 0 Å². The lowest BCUT2D eigenvalue weighted by atomic mass is 9.87. The molecule has 0 aromatic carbocycles. The van der Waals surface area contributed by atoms with Gasteiger partial charge in [-0.1, -0.05) is 0 Å². The van der Waals surface area contributed by atoms with Crippen molar-refractivity contribution in [1.82, 2.24) is 24.3 Å². The molecule has 0 aliphatic heterocycles. The summed E-state index contributed by atoms with van der Waals surface area (Å²) < 4.78 is 8.61. The number of aliphatic hydroxyl groups is 1. The first-order valence-electron chi connectivity index (χ1n) is 10.1. The molecule has 0 radical (unpaired) electrons. The maximum absolute atomic E-state index is 11.6. The second-order valence-electron chi connectivity index (χ2n) is 7.47. The molecule has 4 rings (SSSR count). The topological polar surface area (TPSA) is 107 Å². The zero-order valence-electron chi connectivity index (χ0n) is 16.5. The Kier molecular flexibility index (Phi) is 5.75. The van der Waals surface area contributed by atoms with Crippen LogP contribution in [0.15, 0.2) is 30.9 Å². The summed E-state index contributed by atoms with van der Waals surface area (Å²) in [5, 5.41) is 18.0. The maximum atomic E-state index is 11.6. The Hall–Kier alpha value is -2.94. The molecular weight excluding hydrogens is 372 g/mol. The van der Waals surface area contributed by atoms with Gasteiger partial charge in [-0.15, -0.1) is 0 Å². The zero-order valence-corrected chi connectivity index (χ0v) is 16.5. The summed E-state index contributed by atoms with van der Waals surface area (Å²) in [6.45, 7) is 3.08. The second kappa shape index (κ2) is 8.60. The third-order valence-electron chi connectivity index (χ3n) is 5.26. The fourth-order valence-electron chi connectivity index (χ4n) is 3.77. The molecule has 9 heteroatoms. The third-order valence-corrected chi connectivity index (χ3v) is 5.26. The minimum atomic E-state index is -0.326. The molecule has 3 heterocycles. The van der Waals surface area contributed by atoms with Crippen molar-refractivity contribution in [3.63, 3.8) is 0 Å². The molecule has 0 atom stereocenters. The summed E-state index contributed by atoms with van der Waals surface area (Å²) in [6, 6.07) is 2.02. The van der Waals surface area contributed by atoms with Crippen molar-refractivity contribution in [2.24, 2.45) is 5.92 Å². The van der Waals surface area contributed by atoms with Crippen LogP contribution in [0, 0.1) is 5.92 Å². The Morgan fingerprint density at radius 1 is 1.31 bits per heavy atom. The number of ether oxygens (including phenoxy) is 1. The highest BCUT2D eigenvalue weighted by atomic mass is 16.5. The van der Waals surface area contributed by atoms with Gasteiger partial charge in [-0.3, -0.25) is 9.48 Å². The van der Waals surface area contributed by atoms with E-state index in [0.29, 0.717) is 24.2 Å². The summed E-state index contributed by atoms with van der Waals surface area (Å²) in [5.74, 6) is 0.710. The zero-order chi connectivity index (χ0) is 20.2. The Morgan fingerprint density at radius 2 is 2.14 bits per heavy atom. The number of carbonyl (C=O) groups is 1. The highest BCUT2D eigenvalue weighted by molar-refractivity contribution is 5.76. The molecule has 0 bridgehead atoms. The number of rotatable bonds is 7. The molecular formula is C20H26N6O3. The van der Waals surface area contributed by atoms with Crippen molar-refractivity contribution in [2.75, 3.05) is 11.9 Å². The molecule has 1 saturated carbocycles. The van der Waals surface area contributed by atoms with Crippen LogP contribution in [-0.2, 0) is 22.6 Å². The fraction of sp³-hybridized carbons (Fsp3) is 0.500. The lowest BCUT2D eigenvalue weighted by molar-refractivity contribution is -0.144. The minimum absolute atomic E-state index is 0.0638. The minimum Gasteiger partial charge on any atom is -0.465 e. The number of hydrogen-bond acceptors (Lipinski definition) is 7. The maximum Gasteiger partial charge on any atom is 0.327 e.